The first kappa shape index (κ1) is 26.9. The second-order valence-corrected chi connectivity index (χ2v) is 11.3. The van der Waals surface area contributed by atoms with Crippen LogP contribution in [0.15, 0.2) is 42.5 Å². The van der Waals surface area contributed by atoms with Crippen molar-refractivity contribution in [3.05, 3.63) is 64.7 Å². The van der Waals surface area contributed by atoms with Crippen molar-refractivity contribution in [1.82, 2.24) is 5.32 Å². The Kier molecular flexibility index (Phi) is 6.76. The number of fused-ring (bicyclic) bond motifs is 3. The highest BCUT2D eigenvalue weighted by molar-refractivity contribution is 6.31. The SMILES string of the molecule is CC(C)[C@@H]1C(=O)C(C(N)=O)C(=O)[C@@]2(O)C(=O)C3C(=O)c4c(O)ccc(CNCc5ccccc5)c4C[C@H]3C[C@@H]12. The average Bonchev–Trinajstić information content (AvgIpc) is 2.87. The quantitative estimate of drug-likeness (QED) is 0.407. The van der Waals surface area contributed by atoms with Crippen LogP contribution in [0.4, 0.5) is 0 Å². The summed E-state index contributed by atoms with van der Waals surface area (Å²) >= 11 is 0. The van der Waals surface area contributed by atoms with Crippen LogP contribution in [-0.4, -0.2) is 44.9 Å². The van der Waals surface area contributed by atoms with Gasteiger partial charge >= 0.3 is 0 Å². The van der Waals surface area contributed by atoms with Gasteiger partial charge in [0.05, 0.1) is 11.5 Å². The summed E-state index contributed by atoms with van der Waals surface area (Å²) in [6.07, 6.45) is 0.323. The largest absolute Gasteiger partial charge is 0.507 e. The highest BCUT2D eigenvalue weighted by Gasteiger charge is 2.69. The van der Waals surface area contributed by atoms with Crippen LogP contribution < -0.4 is 11.1 Å². The summed E-state index contributed by atoms with van der Waals surface area (Å²) in [5.41, 5.74) is 5.19. The normalized spacial score (nSPS) is 30.1. The molecule has 0 bridgehead atoms. The molecule has 5 rings (SSSR count). The summed E-state index contributed by atoms with van der Waals surface area (Å²) in [4.78, 5) is 66.3. The summed E-state index contributed by atoms with van der Waals surface area (Å²) in [7, 11) is 0. The topological polar surface area (TPSA) is 164 Å². The molecule has 1 amide bonds. The van der Waals surface area contributed by atoms with Gasteiger partial charge in [-0.3, -0.25) is 24.0 Å². The molecule has 0 spiro atoms. The third kappa shape index (κ3) is 4.11. The number of hydrogen-bond acceptors (Lipinski definition) is 8. The van der Waals surface area contributed by atoms with Gasteiger partial charge in [0.25, 0.3) is 0 Å². The van der Waals surface area contributed by atoms with Crippen LogP contribution in [0.3, 0.4) is 0 Å². The Labute approximate surface area is 225 Å². The molecule has 0 radical (unpaired) electrons. The third-order valence-electron chi connectivity index (χ3n) is 8.78. The number of phenols is 1. The smallest absolute Gasteiger partial charge is 0.235 e. The Morgan fingerprint density at radius 1 is 1.05 bits per heavy atom. The molecule has 204 valence electrons. The minimum Gasteiger partial charge on any atom is -0.507 e. The van der Waals surface area contributed by atoms with Crippen LogP contribution in [0.2, 0.25) is 0 Å². The van der Waals surface area contributed by atoms with E-state index in [1.165, 1.54) is 6.07 Å². The van der Waals surface area contributed by atoms with Gasteiger partial charge in [-0.05, 0) is 47.4 Å². The molecule has 2 aromatic rings. The van der Waals surface area contributed by atoms with Crippen molar-refractivity contribution in [3.8, 4) is 5.75 Å². The van der Waals surface area contributed by atoms with Gasteiger partial charge in [-0.15, -0.1) is 0 Å². The number of nitrogens with two attached hydrogens (primary N) is 1. The highest BCUT2D eigenvalue weighted by atomic mass is 16.3. The molecule has 9 heteroatoms. The van der Waals surface area contributed by atoms with Crippen molar-refractivity contribution in [2.75, 3.05) is 0 Å². The fourth-order valence-electron chi connectivity index (χ4n) is 7.02. The Bertz CT molecular complexity index is 1390. The van der Waals surface area contributed by atoms with E-state index in [1.54, 1.807) is 19.9 Å². The van der Waals surface area contributed by atoms with Crippen molar-refractivity contribution >= 4 is 29.0 Å². The van der Waals surface area contributed by atoms with E-state index >= 15 is 0 Å². The van der Waals surface area contributed by atoms with E-state index in [-0.39, 0.29) is 30.1 Å². The molecule has 2 fully saturated rings. The van der Waals surface area contributed by atoms with Crippen LogP contribution >= 0.6 is 0 Å². The van der Waals surface area contributed by atoms with Crippen molar-refractivity contribution in [2.45, 2.75) is 45.4 Å². The number of nitrogens with one attached hydrogen (secondary N) is 1. The van der Waals surface area contributed by atoms with Crippen LogP contribution in [0.25, 0.3) is 0 Å². The molecular weight excluding hydrogens is 500 g/mol. The van der Waals surface area contributed by atoms with Gasteiger partial charge < -0.3 is 21.3 Å². The third-order valence-corrected chi connectivity index (χ3v) is 8.78. The molecular formula is C30H32N2O7. The molecule has 2 unspecified atom stereocenters. The fraction of sp³-hybridized carbons (Fsp3) is 0.433. The molecule has 6 atom stereocenters. The van der Waals surface area contributed by atoms with Crippen molar-refractivity contribution in [3.63, 3.8) is 0 Å². The van der Waals surface area contributed by atoms with Crippen LogP contribution in [0, 0.1) is 35.5 Å². The van der Waals surface area contributed by atoms with E-state index in [1.807, 2.05) is 30.3 Å². The van der Waals surface area contributed by atoms with E-state index in [0.29, 0.717) is 18.7 Å². The first-order valence-corrected chi connectivity index (χ1v) is 13.2. The monoisotopic (exact) mass is 532 g/mol. The Hall–Kier alpha value is -3.69. The summed E-state index contributed by atoms with van der Waals surface area (Å²) in [6.45, 7) is 4.45. The predicted molar refractivity (Wildman–Crippen MR) is 139 cm³/mol. The number of rotatable bonds is 6. The van der Waals surface area contributed by atoms with E-state index in [2.05, 4.69) is 5.32 Å². The summed E-state index contributed by atoms with van der Waals surface area (Å²) < 4.78 is 0. The zero-order valence-corrected chi connectivity index (χ0v) is 21.8. The van der Waals surface area contributed by atoms with Gasteiger partial charge in [0.2, 0.25) is 5.91 Å². The van der Waals surface area contributed by atoms with Gasteiger partial charge in [0.1, 0.15) is 5.75 Å². The summed E-state index contributed by atoms with van der Waals surface area (Å²) in [5.74, 6) is -11.4. The molecule has 0 aromatic heterocycles. The fourth-order valence-corrected chi connectivity index (χ4v) is 7.02. The molecule has 5 N–H and O–H groups in total. The predicted octanol–water partition coefficient (Wildman–Crippen LogP) is 1.50. The summed E-state index contributed by atoms with van der Waals surface area (Å²) in [5, 5.41) is 25.7. The molecule has 3 aliphatic carbocycles. The lowest BCUT2D eigenvalue weighted by molar-refractivity contribution is -0.182. The second kappa shape index (κ2) is 9.81. The van der Waals surface area contributed by atoms with Gasteiger partial charge in [0.15, 0.2) is 34.7 Å². The lowest BCUT2D eigenvalue weighted by Gasteiger charge is -2.52. The Balaban J connectivity index is 1.51. The maximum Gasteiger partial charge on any atom is 0.235 e. The van der Waals surface area contributed by atoms with Gasteiger partial charge in [0, 0.05) is 24.9 Å². The second-order valence-electron chi connectivity index (χ2n) is 11.3. The first-order chi connectivity index (χ1) is 18.5. The van der Waals surface area contributed by atoms with E-state index < -0.39 is 64.2 Å². The number of Topliss-reactive ketones (excluding diaryl/α,β-unsaturated/α-hetero) is 4. The highest BCUT2D eigenvalue weighted by Crippen LogP contribution is 2.53. The average molecular weight is 533 g/mol. The molecule has 0 saturated heterocycles. The van der Waals surface area contributed by atoms with E-state index in [4.69, 9.17) is 5.73 Å². The minimum absolute atomic E-state index is 0.0110. The van der Waals surface area contributed by atoms with E-state index in [0.717, 1.165) is 11.1 Å². The number of aromatic hydroxyl groups is 1. The first-order valence-electron chi connectivity index (χ1n) is 13.2. The van der Waals surface area contributed by atoms with Gasteiger partial charge in [-0.2, -0.15) is 0 Å². The number of carbonyl (C=O) groups is 5. The maximum atomic E-state index is 13.9. The number of benzene rings is 2. The number of ketones is 4. The Morgan fingerprint density at radius 3 is 2.38 bits per heavy atom. The number of phenolic OH excluding ortho intramolecular Hbond substituents is 1. The maximum absolute atomic E-state index is 13.9. The molecule has 2 saturated carbocycles. The zero-order chi connectivity index (χ0) is 28.2. The standard InChI is InChI=1S/C30H32N2O7/c1-14(2)21-19-11-17-10-18-16(13-32-12-15-6-4-3-5-7-15)8-9-20(33)23(18)26(35)22(17)27(36)30(19,39)28(37)24(25(21)34)29(31)38/h3-9,14,17,19,21-22,24,32-33,39H,10-13H2,1-2H3,(H2,31,38)/t17-,19-,21-,22?,24?,30-/m0/s1. The zero-order valence-electron chi connectivity index (χ0n) is 21.8. The minimum atomic E-state index is -2.68. The van der Waals surface area contributed by atoms with Crippen LogP contribution in [0.5, 0.6) is 5.75 Å². The molecule has 39 heavy (non-hydrogen) atoms. The molecule has 3 aliphatic rings. The number of hydrogen-bond donors (Lipinski definition) is 4. The number of aliphatic hydroxyl groups is 1. The molecule has 9 nitrogen and oxygen atoms in total. The molecule has 0 heterocycles. The van der Waals surface area contributed by atoms with Crippen LogP contribution in [0.1, 0.15) is 47.3 Å². The lowest BCUT2D eigenvalue weighted by Crippen LogP contribution is -2.71. The van der Waals surface area contributed by atoms with E-state index in [9.17, 15) is 34.2 Å². The molecule has 2 aromatic carbocycles. The molecule has 0 aliphatic heterocycles. The van der Waals surface area contributed by atoms with Gasteiger partial charge in [-0.1, -0.05) is 50.2 Å². The summed E-state index contributed by atoms with van der Waals surface area (Å²) in [6, 6.07) is 12.9. The Morgan fingerprint density at radius 2 is 1.74 bits per heavy atom. The van der Waals surface area contributed by atoms with Crippen molar-refractivity contribution in [2.24, 2.45) is 41.2 Å². The van der Waals surface area contributed by atoms with Crippen molar-refractivity contribution in [1.29, 1.82) is 0 Å². The number of amides is 1. The number of primary amides is 1. The van der Waals surface area contributed by atoms with Crippen molar-refractivity contribution < 1.29 is 34.2 Å². The number of carbonyl (C=O) groups excluding carboxylic acids is 5. The van der Waals surface area contributed by atoms with Gasteiger partial charge in [-0.25, -0.2) is 0 Å². The lowest BCUT2D eigenvalue weighted by atomic mass is 9.49. The van der Waals surface area contributed by atoms with Crippen LogP contribution in [-0.2, 0) is 38.7 Å².